The zero-order valence-electron chi connectivity index (χ0n) is 15.9. The van der Waals surface area contributed by atoms with Crippen LogP contribution in [0.2, 0.25) is 5.02 Å². The smallest absolute Gasteiger partial charge is 0.240 e. The number of carbonyl (C=O) groups excluding carboxylic acids is 1. The number of anilines is 1. The molecule has 0 saturated heterocycles. The van der Waals surface area contributed by atoms with Gasteiger partial charge in [0.2, 0.25) is 11.1 Å². The normalized spacial score (nSPS) is 17.9. The molecule has 3 aromatic rings. The van der Waals surface area contributed by atoms with Crippen molar-refractivity contribution in [2.45, 2.75) is 30.3 Å². The first-order valence-electron chi connectivity index (χ1n) is 9.19. The SMILES string of the molecule is CCOc1ccc([C@@H]2Nn3c(C)nnc3S[C@H]2C(=O)Nc2ccc(Cl)cc2)cc1. The minimum absolute atomic E-state index is 0.129. The highest BCUT2D eigenvalue weighted by Crippen LogP contribution is 2.38. The minimum Gasteiger partial charge on any atom is -0.494 e. The number of benzene rings is 2. The lowest BCUT2D eigenvalue weighted by Crippen LogP contribution is -2.41. The van der Waals surface area contributed by atoms with Crippen LogP contribution in [-0.4, -0.2) is 32.6 Å². The monoisotopic (exact) mass is 429 g/mol. The van der Waals surface area contributed by atoms with Gasteiger partial charge in [-0.2, -0.15) is 0 Å². The van der Waals surface area contributed by atoms with Crippen molar-refractivity contribution in [2.75, 3.05) is 17.3 Å². The van der Waals surface area contributed by atoms with Crippen molar-refractivity contribution in [2.24, 2.45) is 0 Å². The maximum atomic E-state index is 13.1. The molecule has 1 aliphatic rings. The molecule has 1 amide bonds. The molecule has 0 fully saturated rings. The van der Waals surface area contributed by atoms with E-state index in [9.17, 15) is 4.79 Å². The highest BCUT2D eigenvalue weighted by molar-refractivity contribution is 8.00. The number of hydrogen-bond donors (Lipinski definition) is 2. The quantitative estimate of drug-likeness (QED) is 0.637. The van der Waals surface area contributed by atoms with Gasteiger partial charge in [-0.25, -0.2) is 4.68 Å². The lowest BCUT2D eigenvalue weighted by molar-refractivity contribution is -0.116. The Morgan fingerprint density at radius 1 is 1.21 bits per heavy atom. The minimum atomic E-state index is -0.445. The van der Waals surface area contributed by atoms with Crippen LogP contribution in [0.5, 0.6) is 5.75 Å². The molecule has 2 aromatic carbocycles. The van der Waals surface area contributed by atoms with Crippen molar-refractivity contribution in [1.82, 2.24) is 14.9 Å². The zero-order valence-corrected chi connectivity index (χ0v) is 17.5. The number of halogens is 1. The summed E-state index contributed by atoms with van der Waals surface area (Å²) in [7, 11) is 0. The van der Waals surface area contributed by atoms with Crippen LogP contribution in [0.4, 0.5) is 5.69 Å². The predicted molar refractivity (Wildman–Crippen MR) is 114 cm³/mol. The number of aromatic nitrogens is 3. The number of aryl methyl sites for hydroxylation is 1. The molecule has 0 radical (unpaired) electrons. The molecule has 150 valence electrons. The molecule has 2 atom stereocenters. The Morgan fingerprint density at radius 3 is 2.62 bits per heavy atom. The van der Waals surface area contributed by atoms with Crippen LogP contribution in [0, 0.1) is 6.92 Å². The average Bonchev–Trinajstić information content (AvgIpc) is 3.10. The number of ether oxygens (including phenoxy) is 1. The number of carbonyl (C=O) groups is 1. The number of thioether (sulfide) groups is 1. The molecule has 0 saturated carbocycles. The first kappa shape index (κ1) is 19.6. The number of hydrogen-bond acceptors (Lipinski definition) is 6. The number of nitrogens with one attached hydrogen (secondary N) is 2. The van der Waals surface area contributed by atoms with E-state index in [0.717, 1.165) is 17.1 Å². The van der Waals surface area contributed by atoms with Crippen LogP contribution in [0.1, 0.15) is 24.4 Å². The number of amides is 1. The lowest BCUT2D eigenvalue weighted by atomic mass is 10.0. The molecular weight excluding hydrogens is 410 g/mol. The molecule has 7 nitrogen and oxygen atoms in total. The van der Waals surface area contributed by atoms with E-state index in [-0.39, 0.29) is 11.9 Å². The summed E-state index contributed by atoms with van der Waals surface area (Å²) in [6.07, 6.45) is 0. The summed E-state index contributed by atoms with van der Waals surface area (Å²) in [4.78, 5) is 13.1. The largest absolute Gasteiger partial charge is 0.494 e. The van der Waals surface area contributed by atoms with Gasteiger partial charge in [0.15, 0.2) is 0 Å². The highest BCUT2D eigenvalue weighted by Gasteiger charge is 2.37. The van der Waals surface area contributed by atoms with E-state index in [4.69, 9.17) is 16.3 Å². The molecule has 0 spiro atoms. The van der Waals surface area contributed by atoms with E-state index in [2.05, 4.69) is 20.9 Å². The summed E-state index contributed by atoms with van der Waals surface area (Å²) in [5.74, 6) is 1.40. The van der Waals surface area contributed by atoms with Crippen molar-refractivity contribution >= 4 is 35.0 Å². The third-order valence-electron chi connectivity index (χ3n) is 4.52. The van der Waals surface area contributed by atoms with Crippen molar-refractivity contribution < 1.29 is 9.53 Å². The van der Waals surface area contributed by atoms with E-state index < -0.39 is 5.25 Å². The van der Waals surface area contributed by atoms with Crippen LogP contribution < -0.4 is 15.5 Å². The zero-order chi connectivity index (χ0) is 20.4. The molecule has 1 aliphatic heterocycles. The maximum Gasteiger partial charge on any atom is 0.240 e. The molecule has 0 aliphatic carbocycles. The van der Waals surface area contributed by atoms with Gasteiger partial charge in [-0.1, -0.05) is 35.5 Å². The Hall–Kier alpha value is -2.71. The fourth-order valence-corrected chi connectivity index (χ4v) is 4.35. The van der Waals surface area contributed by atoms with Gasteiger partial charge < -0.3 is 15.5 Å². The van der Waals surface area contributed by atoms with Gasteiger partial charge in [-0.05, 0) is 55.8 Å². The van der Waals surface area contributed by atoms with Gasteiger partial charge in [0.1, 0.15) is 16.8 Å². The summed E-state index contributed by atoms with van der Waals surface area (Å²) < 4.78 is 7.35. The highest BCUT2D eigenvalue weighted by atomic mass is 35.5. The summed E-state index contributed by atoms with van der Waals surface area (Å²) in [5.41, 5.74) is 5.04. The maximum absolute atomic E-state index is 13.1. The number of rotatable bonds is 5. The molecule has 29 heavy (non-hydrogen) atoms. The molecule has 4 rings (SSSR count). The van der Waals surface area contributed by atoms with Crippen molar-refractivity contribution in [1.29, 1.82) is 0 Å². The second-order valence-electron chi connectivity index (χ2n) is 6.51. The first-order valence-corrected chi connectivity index (χ1v) is 10.5. The van der Waals surface area contributed by atoms with E-state index in [0.29, 0.717) is 22.5 Å². The Labute approximate surface area is 177 Å². The topological polar surface area (TPSA) is 81.1 Å². The van der Waals surface area contributed by atoms with Crippen LogP contribution >= 0.6 is 23.4 Å². The Kier molecular flexibility index (Phi) is 5.64. The van der Waals surface area contributed by atoms with Crippen molar-refractivity contribution in [3.05, 3.63) is 64.9 Å². The molecule has 0 unspecified atom stereocenters. The first-order chi connectivity index (χ1) is 14.0. The third kappa shape index (κ3) is 4.18. The van der Waals surface area contributed by atoms with Gasteiger partial charge in [-0.15, -0.1) is 10.2 Å². The van der Waals surface area contributed by atoms with Crippen LogP contribution in [0.15, 0.2) is 53.7 Å². The van der Waals surface area contributed by atoms with E-state index in [1.54, 1.807) is 24.3 Å². The summed E-state index contributed by atoms with van der Waals surface area (Å²) in [5, 5.41) is 12.1. The molecule has 2 N–H and O–H groups in total. The van der Waals surface area contributed by atoms with Crippen LogP contribution in [0.25, 0.3) is 0 Å². The van der Waals surface area contributed by atoms with Crippen LogP contribution in [-0.2, 0) is 4.79 Å². The number of fused-ring (bicyclic) bond motifs is 1. The molecule has 1 aromatic heterocycles. The Balaban J connectivity index is 1.62. The second kappa shape index (κ2) is 8.34. The Morgan fingerprint density at radius 2 is 1.93 bits per heavy atom. The third-order valence-corrected chi connectivity index (χ3v) is 5.99. The summed E-state index contributed by atoms with van der Waals surface area (Å²) >= 11 is 7.32. The number of nitrogens with zero attached hydrogens (tertiary/aromatic N) is 3. The summed E-state index contributed by atoms with van der Waals surface area (Å²) in [6.45, 7) is 4.42. The Bertz CT molecular complexity index is 1010. The molecule has 0 bridgehead atoms. The fourth-order valence-electron chi connectivity index (χ4n) is 3.10. The van der Waals surface area contributed by atoms with E-state index in [1.165, 1.54) is 11.8 Å². The fraction of sp³-hybridized carbons (Fsp3) is 0.250. The van der Waals surface area contributed by atoms with Gasteiger partial charge in [-0.3, -0.25) is 4.79 Å². The van der Waals surface area contributed by atoms with E-state index in [1.807, 2.05) is 42.8 Å². The van der Waals surface area contributed by atoms with Crippen molar-refractivity contribution in [3.63, 3.8) is 0 Å². The van der Waals surface area contributed by atoms with Gasteiger partial charge >= 0.3 is 0 Å². The predicted octanol–water partition coefficient (Wildman–Crippen LogP) is 4.04. The standard InChI is InChI=1S/C20H20ClN5O2S/c1-3-28-16-10-4-13(5-11-16)17-18(29-20-24-23-12(2)26(20)25-17)19(27)22-15-8-6-14(21)7-9-15/h4-11,17-18,25H,3H2,1-2H3,(H,22,27)/t17-,18+/m0/s1. The lowest BCUT2D eigenvalue weighted by Gasteiger charge is -2.32. The van der Waals surface area contributed by atoms with Gasteiger partial charge in [0.05, 0.1) is 12.6 Å². The molecule has 2 heterocycles. The van der Waals surface area contributed by atoms with Crippen molar-refractivity contribution in [3.8, 4) is 5.75 Å². The van der Waals surface area contributed by atoms with Gasteiger partial charge in [0, 0.05) is 10.7 Å². The van der Waals surface area contributed by atoms with Gasteiger partial charge in [0.25, 0.3) is 0 Å². The van der Waals surface area contributed by atoms with E-state index >= 15 is 0 Å². The summed E-state index contributed by atoms with van der Waals surface area (Å²) in [6, 6.07) is 14.5. The molecular formula is C20H20ClN5O2S. The molecule has 9 heteroatoms. The average molecular weight is 430 g/mol. The second-order valence-corrected chi connectivity index (χ2v) is 8.05. The van der Waals surface area contributed by atoms with Crippen LogP contribution in [0.3, 0.4) is 0 Å².